The SMILES string of the molecule is CCN(CC)C(=O)[C@H]1CSCN1. The first-order valence-electron chi connectivity index (χ1n) is 4.39. The maximum atomic E-state index is 11.7. The van der Waals surface area contributed by atoms with E-state index >= 15 is 0 Å². The van der Waals surface area contributed by atoms with Crippen LogP contribution in [0, 0.1) is 0 Å². The predicted octanol–water partition coefficient (Wildman–Crippen LogP) is 0.517. The topological polar surface area (TPSA) is 32.3 Å². The first-order chi connectivity index (χ1) is 5.79. The fraction of sp³-hybridized carbons (Fsp3) is 0.875. The molecule has 1 amide bonds. The molecule has 1 aliphatic rings. The molecule has 70 valence electrons. The van der Waals surface area contributed by atoms with Crippen molar-refractivity contribution in [3.63, 3.8) is 0 Å². The summed E-state index contributed by atoms with van der Waals surface area (Å²) < 4.78 is 0. The molecule has 0 aromatic carbocycles. The van der Waals surface area contributed by atoms with Gasteiger partial charge in [-0.3, -0.25) is 10.1 Å². The molecule has 0 aromatic heterocycles. The normalized spacial score (nSPS) is 22.7. The van der Waals surface area contributed by atoms with E-state index in [-0.39, 0.29) is 11.9 Å². The summed E-state index contributed by atoms with van der Waals surface area (Å²) in [4.78, 5) is 13.5. The molecule has 1 aliphatic heterocycles. The second-order valence-corrected chi connectivity index (χ2v) is 3.81. The Morgan fingerprint density at radius 1 is 1.58 bits per heavy atom. The molecule has 3 nitrogen and oxygen atoms in total. The van der Waals surface area contributed by atoms with Crippen molar-refractivity contribution in [1.82, 2.24) is 10.2 Å². The number of carbonyl (C=O) groups excluding carboxylic acids is 1. The number of likely N-dealkylation sites (N-methyl/N-ethyl adjacent to an activating group) is 1. The first-order valence-corrected chi connectivity index (χ1v) is 5.55. The summed E-state index contributed by atoms with van der Waals surface area (Å²) >= 11 is 1.79. The van der Waals surface area contributed by atoms with Crippen LogP contribution in [0.3, 0.4) is 0 Å². The molecule has 12 heavy (non-hydrogen) atoms. The second-order valence-electron chi connectivity index (χ2n) is 2.78. The van der Waals surface area contributed by atoms with Crippen molar-refractivity contribution in [2.45, 2.75) is 19.9 Å². The van der Waals surface area contributed by atoms with Crippen LogP contribution in [-0.2, 0) is 4.79 Å². The number of nitrogens with one attached hydrogen (secondary N) is 1. The molecular weight excluding hydrogens is 172 g/mol. The summed E-state index contributed by atoms with van der Waals surface area (Å²) in [6, 6.07) is 0.0647. The summed E-state index contributed by atoms with van der Waals surface area (Å²) in [6.07, 6.45) is 0. The van der Waals surface area contributed by atoms with Gasteiger partial charge < -0.3 is 4.90 Å². The minimum absolute atomic E-state index is 0.0647. The zero-order valence-electron chi connectivity index (χ0n) is 7.67. The van der Waals surface area contributed by atoms with Crippen LogP contribution in [0.15, 0.2) is 0 Å². The van der Waals surface area contributed by atoms with Gasteiger partial charge in [-0.25, -0.2) is 0 Å². The first kappa shape index (κ1) is 9.86. The van der Waals surface area contributed by atoms with Gasteiger partial charge in [-0.05, 0) is 13.8 Å². The van der Waals surface area contributed by atoms with Gasteiger partial charge in [0.1, 0.15) is 0 Å². The van der Waals surface area contributed by atoms with Gasteiger partial charge in [-0.15, -0.1) is 11.8 Å². The van der Waals surface area contributed by atoms with Crippen molar-refractivity contribution >= 4 is 17.7 Å². The molecule has 1 atom stereocenters. The third-order valence-electron chi connectivity index (χ3n) is 2.09. The van der Waals surface area contributed by atoms with Gasteiger partial charge >= 0.3 is 0 Å². The highest BCUT2D eigenvalue weighted by Gasteiger charge is 2.25. The van der Waals surface area contributed by atoms with Gasteiger partial charge in [-0.2, -0.15) is 0 Å². The van der Waals surface area contributed by atoms with E-state index in [2.05, 4.69) is 5.32 Å². The van der Waals surface area contributed by atoms with E-state index in [0.29, 0.717) is 0 Å². The number of hydrogen-bond acceptors (Lipinski definition) is 3. The molecule has 1 rings (SSSR count). The number of hydrogen-bond donors (Lipinski definition) is 1. The third kappa shape index (κ3) is 2.14. The highest BCUT2D eigenvalue weighted by Crippen LogP contribution is 2.11. The van der Waals surface area contributed by atoms with E-state index in [9.17, 15) is 4.79 Å². The standard InChI is InChI=1S/C8H16N2OS/c1-3-10(4-2)8(11)7-5-12-6-9-7/h7,9H,3-6H2,1-2H3/t7-/m1/s1. The van der Waals surface area contributed by atoms with E-state index in [1.54, 1.807) is 11.8 Å². The molecule has 1 fully saturated rings. The fourth-order valence-corrected chi connectivity index (χ4v) is 2.24. The lowest BCUT2D eigenvalue weighted by molar-refractivity contribution is -0.132. The highest BCUT2D eigenvalue weighted by atomic mass is 32.2. The van der Waals surface area contributed by atoms with E-state index in [1.165, 1.54) is 0 Å². The van der Waals surface area contributed by atoms with Gasteiger partial charge in [-0.1, -0.05) is 0 Å². The smallest absolute Gasteiger partial charge is 0.240 e. The Balaban J connectivity index is 2.43. The molecule has 4 heteroatoms. The van der Waals surface area contributed by atoms with Crippen molar-refractivity contribution in [2.24, 2.45) is 0 Å². The Morgan fingerprint density at radius 2 is 2.25 bits per heavy atom. The molecule has 0 saturated carbocycles. The lowest BCUT2D eigenvalue weighted by atomic mass is 10.3. The number of carbonyl (C=O) groups is 1. The van der Waals surface area contributed by atoms with Crippen molar-refractivity contribution in [3.8, 4) is 0 Å². The molecule has 1 N–H and O–H groups in total. The predicted molar refractivity (Wildman–Crippen MR) is 52.2 cm³/mol. The van der Waals surface area contributed by atoms with Crippen LogP contribution >= 0.6 is 11.8 Å². The van der Waals surface area contributed by atoms with Crippen LogP contribution in [0.2, 0.25) is 0 Å². The average molecular weight is 188 g/mol. The van der Waals surface area contributed by atoms with Crippen LogP contribution in [0.1, 0.15) is 13.8 Å². The molecule has 1 heterocycles. The van der Waals surface area contributed by atoms with Gasteiger partial charge in [0.25, 0.3) is 0 Å². The molecule has 0 unspecified atom stereocenters. The summed E-state index contributed by atoms with van der Waals surface area (Å²) in [7, 11) is 0. The molecule has 0 aliphatic carbocycles. The molecule has 0 radical (unpaired) electrons. The van der Waals surface area contributed by atoms with Gasteiger partial charge in [0, 0.05) is 24.7 Å². The largest absolute Gasteiger partial charge is 0.342 e. The fourth-order valence-electron chi connectivity index (χ4n) is 1.31. The summed E-state index contributed by atoms with van der Waals surface area (Å²) in [5.74, 6) is 2.09. The summed E-state index contributed by atoms with van der Waals surface area (Å²) in [5.41, 5.74) is 0. The Bertz CT molecular complexity index is 149. The van der Waals surface area contributed by atoms with Crippen molar-refractivity contribution in [1.29, 1.82) is 0 Å². The lowest BCUT2D eigenvalue weighted by Crippen LogP contribution is -2.44. The minimum atomic E-state index is 0.0647. The molecule has 1 saturated heterocycles. The maximum absolute atomic E-state index is 11.7. The van der Waals surface area contributed by atoms with Crippen LogP contribution in [0.25, 0.3) is 0 Å². The zero-order chi connectivity index (χ0) is 8.97. The number of rotatable bonds is 3. The maximum Gasteiger partial charge on any atom is 0.240 e. The Kier molecular flexibility index (Phi) is 3.88. The Hall–Kier alpha value is -0.220. The van der Waals surface area contributed by atoms with Crippen LogP contribution in [-0.4, -0.2) is 41.6 Å². The van der Waals surface area contributed by atoms with Crippen LogP contribution in [0.4, 0.5) is 0 Å². The van der Waals surface area contributed by atoms with Gasteiger partial charge in [0.05, 0.1) is 6.04 Å². The van der Waals surface area contributed by atoms with Crippen molar-refractivity contribution in [3.05, 3.63) is 0 Å². The minimum Gasteiger partial charge on any atom is -0.342 e. The lowest BCUT2D eigenvalue weighted by Gasteiger charge is -2.21. The number of nitrogens with zero attached hydrogens (tertiary/aromatic N) is 1. The summed E-state index contributed by atoms with van der Waals surface area (Å²) in [6.45, 7) is 5.67. The van der Waals surface area contributed by atoms with E-state index < -0.39 is 0 Å². The van der Waals surface area contributed by atoms with Crippen molar-refractivity contribution in [2.75, 3.05) is 24.7 Å². The molecule has 0 spiro atoms. The number of amides is 1. The van der Waals surface area contributed by atoms with E-state index in [0.717, 1.165) is 24.7 Å². The summed E-state index contributed by atoms with van der Waals surface area (Å²) in [5, 5.41) is 3.18. The van der Waals surface area contributed by atoms with Crippen molar-refractivity contribution < 1.29 is 4.79 Å². The average Bonchev–Trinajstić information content (AvgIpc) is 2.58. The number of thioether (sulfide) groups is 1. The monoisotopic (exact) mass is 188 g/mol. The highest BCUT2D eigenvalue weighted by molar-refractivity contribution is 7.99. The third-order valence-corrected chi connectivity index (χ3v) is 3.03. The zero-order valence-corrected chi connectivity index (χ0v) is 8.49. The van der Waals surface area contributed by atoms with E-state index in [4.69, 9.17) is 0 Å². The second kappa shape index (κ2) is 4.72. The van der Waals surface area contributed by atoms with Crippen LogP contribution < -0.4 is 5.32 Å². The molecule has 0 bridgehead atoms. The van der Waals surface area contributed by atoms with Crippen LogP contribution in [0.5, 0.6) is 0 Å². The molecule has 0 aromatic rings. The van der Waals surface area contributed by atoms with Gasteiger partial charge in [0.2, 0.25) is 5.91 Å². The van der Waals surface area contributed by atoms with E-state index in [1.807, 2.05) is 18.7 Å². The Morgan fingerprint density at radius 3 is 2.67 bits per heavy atom. The molecular formula is C8H16N2OS. The Labute approximate surface area is 77.9 Å². The quantitative estimate of drug-likeness (QED) is 0.700. The van der Waals surface area contributed by atoms with Gasteiger partial charge in [0.15, 0.2) is 0 Å².